The lowest BCUT2D eigenvalue weighted by Gasteiger charge is -2.34. The summed E-state index contributed by atoms with van der Waals surface area (Å²) >= 11 is 0. The molecule has 22 heavy (non-hydrogen) atoms. The number of aliphatic hydroxyl groups excluding tert-OH is 1. The van der Waals surface area contributed by atoms with Gasteiger partial charge in [-0.05, 0) is 30.2 Å². The molecule has 0 unspecified atom stereocenters. The third kappa shape index (κ3) is 5.27. The number of hydrogen-bond acceptors (Lipinski definition) is 4. The summed E-state index contributed by atoms with van der Waals surface area (Å²) in [7, 11) is 0. The Hall–Kier alpha value is -1.10. The first-order chi connectivity index (χ1) is 10.6. The lowest BCUT2D eigenvalue weighted by Crippen LogP contribution is -2.49. The summed E-state index contributed by atoms with van der Waals surface area (Å²) in [6.07, 6.45) is -0.432. The van der Waals surface area contributed by atoms with Crippen molar-refractivity contribution in [1.29, 1.82) is 0 Å². The van der Waals surface area contributed by atoms with E-state index in [2.05, 4.69) is 42.7 Å². The molecule has 1 N–H and O–H groups in total. The van der Waals surface area contributed by atoms with E-state index < -0.39 is 6.10 Å². The van der Waals surface area contributed by atoms with Crippen molar-refractivity contribution >= 4 is 0 Å². The standard InChI is InChI=1S/C18H30N2O2/c1-4-19-9-11-20(12-10-19)13-17(21)14-22-18-7-5-16(6-8-18)15(2)3/h5-8,15,17,21H,4,9-14H2,1-3H3/t17-/m1/s1. The van der Waals surface area contributed by atoms with Crippen LogP contribution in [0.4, 0.5) is 0 Å². The first-order valence-electron chi connectivity index (χ1n) is 8.44. The van der Waals surface area contributed by atoms with Gasteiger partial charge in [-0.1, -0.05) is 32.9 Å². The molecule has 124 valence electrons. The van der Waals surface area contributed by atoms with Gasteiger partial charge in [0.1, 0.15) is 18.5 Å². The average molecular weight is 306 g/mol. The molecule has 0 aliphatic carbocycles. The van der Waals surface area contributed by atoms with Crippen LogP contribution in [0, 0.1) is 0 Å². The lowest BCUT2D eigenvalue weighted by molar-refractivity contribution is 0.0471. The van der Waals surface area contributed by atoms with Crippen LogP contribution in [-0.4, -0.2) is 66.9 Å². The zero-order valence-electron chi connectivity index (χ0n) is 14.2. The highest BCUT2D eigenvalue weighted by molar-refractivity contribution is 5.28. The van der Waals surface area contributed by atoms with Gasteiger partial charge in [-0.3, -0.25) is 4.90 Å². The van der Waals surface area contributed by atoms with Crippen LogP contribution < -0.4 is 4.74 Å². The van der Waals surface area contributed by atoms with Crippen LogP contribution in [0.1, 0.15) is 32.3 Å². The van der Waals surface area contributed by atoms with E-state index in [1.54, 1.807) is 0 Å². The van der Waals surface area contributed by atoms with Crippen molar-refractivity contribution in [1.82, 2.24) is 9.80 Å². The number of β-amino-alcohol motifs (C(OH)–C–C–N with tert-alkyl or cyclic N) is 1. The van der Waals surface area contributed by atoms with E-state index in [9.17, 15) is 5.11 Å². The van der Waals surface area contributed by atoms with Crippen molar-refractivity contribution in [3.05, 3.63) is 29.8 Å². The Kier molecular flexibility index (Phi) is 6.68. The molecular formula is C18H30N2O2. The molecule has 4 nitrogen and oxygen atoms in total. The van der Waals surface area contributed by atoms with Gasteiger partial charge in [-0.2, -0.15) is 0 Å². The fourth-order valence-electron chi connectivity index (χ4n) is 2.78. The molecule has 1 fully saturated rings. The Labute approximate surface area is 134 Å². The molecule has 1 saturated heterocycles. The topological polar surface area (TPSA) is 35.9 Å². The van der Waals surface area contributed by atoms with Gasteiger partial charge in [-0.25, -0.2) is 0 Å². The first-order valence-corrected chi connectivity index (χ1v) is 8.44. The van der Waals surface area contributed by atoms with E-state index in [-0.39, 0.29) is 0 Å². The molecule has 0 spiro atoms. The predicted octanol–water partition coefficient (Wildman–Crippen LogP) is 2.19. The molecule has 1 aliphatic heterocycles. The van der Waals surface area contributed by atoms with Crippen molar-refractivity contribution < 1.29 is 9.84 Å². The van der Waals surface area contributed by atoms with Gasteiger partial charge in [0.25, 0.3) is 0 Å². The van der Waals surface area contributed by atoms with E-state index in [0.29, 0.717) is 19.1 Å². The van der Waals surface area contributed by atoms with Crippen molar-refractivity contribution in [2.75, 3.05) is 45.9 Å². The summed E-state index contributed by atoms with van der Waals surface area (Å²) < 4.78 is 5.70. The first kappa shape index (κ1) is 17.3. The third-order valence-electron chi connectivity index (χ3n) is 4.37. The predicted molar refractivity (Wildman–Crippen MR) is 90.6 cm³/mol. The van der Waals surface area contributed by atoms with E-state index in [1.165, 1.54) is 5.56 Å². The maximum atomic E-state index is 10.1. The normalized spacial score (nSPS) is 18.6. The maximum Gasteiger partial charge on any atom is 0.119 e. The van der Waals surface area contributed by atoms with Crippen LogP contribution in [0.25, 0.3) is 0 Å². The highest BCUT2D eigenvalue weighted by atomic mass is 16.5. The Morgan fingerprint density at radius 1 is 1.05 bits per heavy atom. The van der Waals surface area contributed by atoms with Crippen molar-refractivity contribution in [3.8, 4) is 5.75 Å². The van der Waals surface area contributed by atoms with E-state index in [0.717, 1.165) is 38.5 Å². The number of aliphatic hydroxyl groups is 1. The molecule has 0 aromatic heterocycles. The summed E-state index contributed by atoms with van der Waals surface area (Å²) in [6.45, 7) is 13.0. The third-order valence-corrected chi connectivity index (χ3v) is 4.37. The molecule has 2 rings (SSSR count). The van der Waals surface area contributed by atoms with Crippen LogP contribution in [0.2, 0.25) is 0 Å². The summed E-state index contributed by atoms with van der Waals surface area (Å²) in [5.74, 6) is 1.36. The summed E-state index contributed by atoms with van der Waals surface area (Å²) in [5.41, 5.74) is 1.31. The number of hydrogen-bond donors (Lipinski definition) is 1. The van der Waals surface area contributed by atoms with Crippen molar-refractivity contribution in [2.45, 2.75) is 32.8 Å². The molecule has 1 aromatic rings. The smallest absolute Gasteiger partial charge is 0.119 e. The van der Waals surface area contributed by atoms with Crippen LogP contribution in [-0.2, 0) is 0 Å². The van der Waals surface area contributed by atoms with E-state index >= 15 is 0 Å². The monoisotopic (exact) mass is 306 g/mol. The minimum atomic E-state index is -0.432. The number of ether oxygens (including phenoxy) is 1. The minimum Gasteiger partial charge on any atom is -0.491 e. The number of nitrogens with zero attached hydrogens (tertiary/aromatic N) is 2. The molecule has 1 aromatic carbocycles. The summed E-state index contributed by atoms with van der Waals surface area (Å²) in [4.78, 5) is 4.76. The zero-order valence-corrected chi connectivity index (χ0v) is 14.2. The summed E-state index contributed by atoms with van der Waals surface area (Å²) in [5, 5.41) is 10.1. The quantitative estimate of drug-likeness (QED) is 0.838. The Morgan fingerprint density at radius 2 is 1.64 bits per heavy atom. The second-order valence-corrected chi connectivity index (χ2v) is 6.42. The van der Waals surface area contributed by atoms with Crippen molar-refractivity contribution in [3.63, 3.8) is 0 Å². The Balaban J connectivity index is 1.70. The molecule has 0 saturated carbocycles. The number of benzene rings is 1. The fraction of sp³-hybridized carbons (Fsp3) is 0.667. The average Bonchev–Trinajstić information content (AvgIpc) is 2.54. The summed E-state index contributed by atoms with van der Waals surface area (Å²) in [6, 6.07) is 8.16. The molecule has 0 radical (unpaired) electrons. The van der Waals surface area contributed by atoms with Crippen LogP contribution in [0.15, 0.2) is 24.3 Å². The fourth-order valence-corrected chi connectivity index (χ4v) is 2.78. The molecule has 1 aliphatic rings. The number of likely N-dealkylation sites (N-methyl/N-ethyl adjacent to an activating group) is 1. The van der Waals surface area contributed by atoms with E-state index in [4.69, 9.17) is 4.74 Å². The SMILES string of the molecule is CCN1CCN(C[C@@H](O)COc2ccc(C(C)C)cc2)CC1. The van der Waals surface area contributed by atoms with Crippen molar-refractivity contribution in [2.24, 2.45) is 0 Å². The highest BCUT2D eigenvalue weighted by Crippen LogP contribution is 2.18. The van der Waals surface area contributed by atoms with Crippen LogP contribution in [0.3, 0.4) is 0 Å². The molecule has 4 heteroatoms. The van der Waals surface area contributed by atoms with Gasteiger partial charge in [0.2, 0.25) is 0 Å². The Morgan fingerprint density at radius 3 is 2.18 bits per heavy atom. The molecule has 1 atom stereocenters. The number of piperazine rings is 1. The van der Waals surface area contributed by atoms with Gasteiger partial charge in [0.15, 0.2) is 0 Å². The maximum absolute atomic E-state index is 10.1. The van der Waals surface area contributed by atoms with Crippen LogP contribution in [0.5, 0.6) is 5.75 Å². The Bertz CT molecular complexity index is 425. The largest absolute Gasteiger partial charge is 0.491 e. The molecule has 1 heterocycles. The van der Waals surface area contributed by atoms with Crippen LogP contribution >= 0.6 is 0 Å². The van der Waals surface area contributed by atoms with Gasteiger partial charge >= 0.3 is 0 Å². The zero-order chi connectivity index (χ0) is 15.9. The minimum absolute atomic E-state index is 0.356. The second-order valence-electron chi connectivity index (χ2n) is 6.42. The van der Waals surface area contributed by atoms with Gasteiger partial charge in [-0.15, -0.1) is 0 Å². The molecule has 0 bridgehead atoms. The second kappa shape index (κ2) is 8.51. The van der Waals surface area contributed by atoms with Gasteiger partial charge in [0, 0.05) is 32.7 Å². The molecule has 0 amide bonds. The lowest BCUT2D eigenvalue weighted by atomic mass is 10.0. The molecular weight excluding hydrogens is 276 g/mol. The van der Waals surface area contributed by atoms with Gasteiger partial charge in [0.05, 0.1) is 0 Å². The van der Waals surface area contributed by atoms with Gasteiger partial charge < -0.3 is 14.7 Å². The highest BCUT2D eigenvalue weighted by Gasteiger charge is 2.18. The number of rotatable bonds is 7. The van der Waals surface area contributed by atoms with E-state index in [1.807, 2.05) is 12.1 Å².